The number of benzene rings is 1. The van der Waals surface area contributed by atoms with Crippen molar-refractivity contribution >= 4 is 0 Å². The lowest BCUT2D eigenvalue weighted by molar-refractivity contribution is 0.0165. The van der Waals surface area contributed by atoms with E-state index >= 15 is 0 Å². The van der Waals surface area contributed by atoms with Gasteiger partial charge >= 0.3 is 0 Å². The number of nitrogens with one attached hydrogen (secondary N) is 1. The molecule has 0 spiro atoms. The smallest absolute Gasteiger partial charge is 0.119 e. The summed E-state index contributed by atoms with van der Waals surface area (Å²) in [6.07, 6.45) is 3.45. The summed E-state index contributed by atoms with van der Waals surface area (Å²) in [6, 6.07) is 4.72. The van der Waals surface area contributed by atoms with Crippen molar-refractivity contribution in [2.45, 2.75) is 38.3 Å². The molecule has 2 unspecified atom stereocenters. The van der Waals surface area contributed by atoms with Crippen LogP contribution in [0, 0.1) is 0 Å². The molecule has 1 saturated heterocycles. The first kappa shape index (κ1) is 16.1. The minimum Gasteiger partial charge on any atom is -0.508 e. The van der Waals surface area contributed by atoms with Crippen LogP contribution in [0.1, 0.15) is 37.8 Å². The van der Waals surface area contributed by atoms with Crippen molar-refractivity contribution in [3.8, 4) is 11.5 Å². The molecule has 0 amide bonds. The molecule has 5 heteroatoms. The minimum absolute atomic E-state index is 0.0705. The van der Waals surface area contributed by atoms with Gasteiger partial charge in [0, 0.05) is 25.3 Å². The number of hydrogen-bond donors (Lipinski definition) is 3. The third-order valence-corrected chi connectivity index (χ3v) is 3.67. The summed E-state index contributed by atoms with van der Waals surface area (Å²) in [7, 11) is 0. The van der Waals surface area contributed by atoms with Gasteiger partial charge in [-0.3, -0.25) is 0 Å². The zero-order chi connectivity index (χ0) is 15.1. The quantitative estimate of drug-likeness (QED) is 0.642. The number of phenolic OH excluding ortho intramolecular Hbond substituents is 2. The summed E-state index contributed by atoms with van der Waals surface area (Å²) in [5.74, 6) is 0.164. The second-order valence-corrected chi connectivity index (χ2v) is 5.52. The fourth-order valence-electron chi connectivity index (χ4n) is 2.47. The monoisotopic (exact) mass is 295 g/mol. The number of phenols is 2. The Hall–Kier alpha value is -1.30. The lowest BCUT2D eigenvalue weighted by atomic mass is 10.1. The SMILES string of the molecule is CC(NCCCOCC1CCCO1)c1cc(O)cc(O)c1. The Morgan fingerprint density at radius 3 is 2.76 bits per heavy atom. The Morgan fingerprint density at radius 1 is 1.33 bits per heavy atom. The van der Waals surface area contributed by atoms with E-state index in [1.54, 1.807) is 12.1 Å². The molecular weight excluding hydrogens is 270 g/mol. The van der Waals surface area contributed by atoms with E-state index in [1.807, 2.05) is 6.92 Å². The van der Waals surface area contributed by atoms with Crippen LogP contribution in [-0.4, -0.2) is 42.7 Å². The third-order valence-electron chi connectivity index (χ3n) is 3.67. The van der Waals surface area contributed by atoms with Crippen molar-refractivity contribution in [3.05, 3.63) is 23.8 Å². The topological polar surface area (TPSA) is 71.0 Å². The van der Waals surface area contributed by atoms with Gasteiger partial charge in [-0.2, -0.15) is 0 Å². The van der Waals surface area contributed by atoms with Crippen LogP contribution >= 0.6 is 0 Å². The third kappa shape index (κ3) is 5.53. The first-order valence-corrected chi connectivity index (χ1v) is 7.61. The molecule has 1 heterocycles. The minimum atomic E-state index is 0.0705. The van der Waals surface area contributed by atoms with Gasteiger partial charge in [0.2, 0.25) is 0 Å². The maximum Gasteiger partial charge on any atom is 0.119 e. The van der Waals surface area contributed by atoms with Gasteiger partial charge < -0.3 is 25.0 Å². The Morgan fingerprint density at radius 2 is 2.10 bits per heavy atom. The number of ether oxygens (including phenoxy) is 2. The van der Waals surface area contributed by atoms with E-state index in [9.17, 15) is 10.2 Å². The predicted octanol–water partition coefficient (Wildman–Crippen LogP) is 2.33. The number of hydrogen-bond acceptors (Lipinski definition) is 5. The first-order valence-electron chi connectivity index (χ1n) is 7.61. The highest BCUT2D eigenvalue weighted by Gasteiger charge is 2.15. The maximum absolute atomic E-state index is 9.47. The molecule has 0 bridgehead atoms. The Balaban J connectivity index is 1.59. The molecule has 1 aliphatic heterocycles. The highest BCUT2D eigenvalue weighted by molar-refractivity contribution is 5.37. The fourth-order valence-corrected chi connectivity index (χ4v) is 2.47. The van der Waals surface area contributed by atoms with Gasteiger partial charge in [0.1, 0.15) is 11.5 Å². The molecule has 2 rings (SSSR count). The van der Waals surface area contributed by atoms with Crippen molar-refractivity contribution in [1.82, 2.24) is 5.32 Å². The van der Waals surface area contributed by atoms with Crippen LogP contribution in [0.15, 0.2) is 18.2 Å². The van der Waals surface area contributed by atoms with Crippen LogP contribution < -0.4 is 5.32 Å². The van der Waals surface area contributed by atoms with Crippen LogP contribution in [0.3, 0.4) is 0 Å². The maximum atomic E-state index is 9.47. The summed E-state index contributed by atoms with van der Waals surface area (Å²) >= 11 is 0. The largest absolute Gasteiger partial charge is 0.508 e. The first-order chi connectivity index (χ1) is 10.1. The second kappa shape index (κ2) is 8.22. The van der Waals surface area contributed by atoms with Crippen molar-refractivity contribution in [1.29, 1.82) is 0 Å². The molecule has 5 nitrogen and oxygen atoms in total. The highest BCUT2D eigenvalue weighted by atomic mass is 16.5. The molecule has 0 saturated carbocycles. The molecule has 1 aromatic carbocycles. The van der Waals surface area contributed by atoms with E-state index in [-0.39, 0.29) is 23.6 Å². The summed E-state index contributed by atoms with van der Waals surface area (Å²) in [6.45, 7) is 5.09. The Kier molecular flexibility index (Phi) is 6.29. The van der Waals surface area contributed by atoms with Gasteiger partial charge in [0.15, 0.2) is 0 Å². The molecule has 21 heavy (non-hydrogen) atoms. The van der Waals surface area contributed by atoms with Gasteiger partial charge in [0.05, 0.1) is 12.7 Å². The van der Waals surface area contributed by atoms with Crippen LogP contribution in [0.4, 0.5) is 0 Å². The fraction of sp³-hybridized carbons (Fsp3) is 0.625. The molecule has 0 aliphatic carbocycles. The molecule has 3 N–H and O–H groups in total. The average molecular weight is 295 g/mol. The molecule has 1 aromatic rings. The number of rotatable bonds is 8. The summed E-state index contributed by atoms with van der Waals surface area (Å²) in [5.41, 5.74) is 0.868. The van der Waals surface area contributed by atoms with E-state index < -0.39 is 0 Å². The van der Waals surface area contributed by atoms with Crippen LogP contribution in [-0.2, 0) is 9.47 Å². The average Bonchev–Trinajstić information content (AvgIpc) is 2.94. The van der Waals surface area contributed by atoms with Crippen molar-refractivity contribution in [2.75, 3.05) is 26.4 Å². The molecule has 0 aromatic heterocycles. The lowest BCUT2D eigenvalue weighted by Crippen LogP contribution is -2.22. The van der Waals surface area contributed by atoms with Gasteiger partial charge in [-0.1, -0.05) is 0 Å². The zero-order valence-electron chi connectivity index (χ0n) is 12.5. The lowest BCUT2D eigenvalue weighted by Gasteiger charge is -2.15. The van der Waals surface area contributed by atoms with E-state index in [2.05, 4.69) is 5.32 Å². The van der Waals surface area contributed by atoms with Gasteiger partial charge in [-0.15, -0.1) is 0 Å². The molecule has 1 aliphatic rings. The normalized spacial score (nSPS) is 19.8. The summed E-state index contributed by atoms with van der Waals surface area (Å²) in [4.78, 5) is 0. The van der Waals surface area contributed by atoms with Crippen molar-refractivity contribution in [2.24, 2.45) is 0 Å². The second-order valence-electron chi connectivity index (χ2n) is 5.52. The Labute approximate surface area is 125 Å². The molecule has 1 fully saturated rings. The molecule has 118 valence electrons. The molecule has 2 atom stereocenters. The number of aromatic hydroxyl groups is 2. The molecule has 0 radical (unpaired) electrons. The summed E-state index contributed by atoms with van der Waals surface area (Å²) < 4.78 is 11.1. The molecular formula is C16H25NO4. The van der Waals surface area contributed by atoms with E-state index in [4.69, 9.17) is 9.47 Å². The van der Waals surface area contributed by atoms with Crippen LogP contribution in [0.2, 0.25) is 0 Å². The van der Waals surface area contributed by atoms with Gasteiger partial charge in [-0.05, 0) is 50.4 Å². The standard InChI is InChI=1S/C16H25NO4/c1-12(13-8-14(18)10-15(19)9-13)17-5-3-6-20-11-16-4-2-7-21-16/h8-10,12,16-19H,2-7,11H2,1H3. The predicted molar refractivity (Wildman–Crippen MR) is 80.6 cm³/mol. The van der Waals surface area contributed by atoms with Crippen LogP contribution in [0.5, 0.6) is 11.5 Å². The van der Waals surface area contributed by atoms with Crippen molar-refractivity contribution < 1.29 is 19.7 Å². The van der Waals surface area contributed by atoms with Crippen LogP contribution in [0.25, 0.3) is 0 Å². The van der Waals surface area contributed by atoms with Gasteiger partial charge in [-0.25, -0.2) is 0 Å². The van der Waals surface area contributed by atoms with E-state index in [1.165, 1.54) is 6.07 Å². The highest BCUT2D eigenvalue weighted by Crippen LogP contribution is 2.24. The Bertz CT molecular complexity index is 412. The summed E-state index contributed by atoms with van der Waals surface area (Å²) in [5, 5.41) is 22.3. The van der Waals surface area contributed by atoms with E-state index in [0.29, 0.717) is 13.2 Å². The van der Waals surface area contributed by atoms with E-state index in [0.717, 1.165) is 38.0 Å². The van der Waals surface area contributed by atoms with Gasteiger partial charge in [0.25, 0.3) is 0 Å². The van der Waals surface area contributed by atoms with Crippen molar-refractivity contribution in [3.63, 3.8) is 0 Å². The zero-order valence-corrected chi connectivity index (χ0v) is 12.5.